The first kappa shape index (κ1) is 14.4. The zero-order valence-corrected chi connectivity index (χ0v) is 12.7. The summed E-state index contributed by atoms with van der Waals surface area (Å²) in [6.45, 7) is 1.86. The number of hydrogen-bond acceptors (Lipinski definition) is 2. The van der Waals surface area contributed by atoms with Crippen LogP contribution in [0.25, 0.3) is 10.9 Å². The summed E-state index contributed by atoms with van der Waals surface area (Å²) in [6, 6.07) is 14.6. The lowest BCUT2D eigenvalue weighted by Gasteiger charge is -2.04. The average Bonchev–Trinajstić information content (AvgIpc) is 3.00. The number of benzene rings is 2. The number of amides is 1. The molecule has 1 heterocycles. The molecular weight excluding hydrogens is 298 g/mol. The highest BCUT2D eigenvalue weighted by Crippen LogP contribution is 2.15. The Labute approximate surface area is 132 Å². The van der Waals surface area contributed by atoms with E-state index in [2.05, 4.69) is 15.5 Å². The summed E-state index contributed by atoms with van der Waals surface area (Å²) < 4.78 is 0. The van der Waals surface area contributed by atoms with Crippen LogP contribution in [-0.2, 0) is 0 Å². The molecule has 5 heteroatoms. The van der Waals surface area contributed by atoms with Crippen molar-refractivity contribution in [3.05, 3.63) is 70.9 Å². The lowest BCUT2D eigenvalue weighted by Crippen LogP contribution is -2.19. The van der Waals surface area contributed by atoms with Gasteiger partial charge in [-0.15, -0.1) is 0 Å². The number of fused-ring (bicyclic) bond motifs is 1. The van der Waals surface area contributed by atoms with Gasteiger partial charge in [-0.2, -0.15) is 5.10 Å². The molecule has 0 unspecified atom stereocenters. The molecule has 3 rings (SSSR count). The number of carbonyl (C=O) groups excluding carboxylic acids is 1. The molecule has 2 N–H and O–H groups in total. The number of rotatable bonds is 3. The highest BCUT2D eigenvalue weighted by Gasteiger charge is 2.05. The Hall–Kier alpha value is -2.59. The minimum Gasteiger partial charge on any atom is -0.361 e. The van der Waals surface area contributed by atoms with Gasteiger partial charge in [-0.25, -0.2) is 5.43 Å². The van der Waals surface area contributed by atoms with Gasteiger partial charge >= 0.3 is 0 Å². The van der Waals surface area contributed by atoms with Crippen LogP contribution < -0.4 is 5.43 Å². The maximum Gasteiger partial charge on any atom is 0.271 e. The average molecular weight is 312 g/mol. The van der Waals surface area contributed by atoms with Crippen LogP contribution in [0.4, 0.5) is 0 Å². The molecule has 0 spiro atoms. The largest absolute Gasteiger partial charge is 0.361 e. The van der Waals surface area contributed by atoms with E-state index < -0.39 is 0 Å². The lowest BCUT2D eigenvalue weighted by molar-refractivity contribution is 0.0955. The minimum absolute atomic E-state index is 0.265. The Morgan fingerprint density at radius 1 is 1.09 bits per heavy atom. The number of hydrazone groups is 1. The van der Waals surface area contributed by atoms with Crippen LogP contribution >= 0.6 is 11.6 Å². The topological polar surface area (TPSA) is 57.2 Å². The molecule has 1 amide bonds. The second kappa shape index (κ2) is 6.03. The van der Waals surface area contributed by atoms with Crippen LogP contribution in [0.5, 0.6) is 0 Å². The van der Waals surface area contributed by atoms with Crippen LogP contribution in [0.3, 0.4) is 0 Å². The van der Waals surface area contributed by atoms with E-state index in [0.717, 1.165) is 22.2 Å². The van der Waals surface area contributed by atoms with Gasteiger partial charge in [-0.3, -0.25) is 4.79 Å². The summed E-state index contributed by atoms with van der Waals surface area (Å²) in [7, 11) is 0. The van der Waals surface area contributed by atoms with Gasteiger partial charge in [-0.05, 0) is 55.0 Å². The molecule has 0 aliphatic carbocycles. The molecular formula is C17H14ClN3O. The van der Waals surface area contributed by atoms with Crippen molar-refractivity contribution in [3.8, 4) is 0 Å². The van der Waals surface area contributed by atoms with Crippen LogP contribution in [-0.4, -0.2) is 16.6 Å². The zero-order chi connectivity index (χ0) is 15.5. The molecule has 1 aromatic heterocycles. The van der Waals surface area contributed by atoms with E-state index >= 15 is 0 Å². The van der Waals surface area contributed by atoms with Crippen molar-refractivity contribution >= 4 is 34.1 Å². The molecule has 110 valence electrons. The van der Waals surface area contributed by atoms with Crippen molar-refractivity contribution in [1.29, 1.82) is 0 Å². The van der Waals surface area contributed by atoms with Crippen molar-refractivity contribution in [2.75, 3.05) is 0 Å². The van der Waals surface area contributed by atoms with Crippen molar-refractivity contribution in [2.45, 2.75) is 6.92 Å². The van der Waals surface area contributed by atoms with Crippen LogP contribution in [0.1, 0.15) is 22.8 Å². The molecule has 0 aliphatic rings. The second-order valence-electron chi connectivity index (χ2n) is 4.92. The second-order valence-corrected chi connectivity index (χ2v) is 5.36. The van der Waals surface area contributed by atoms with Gasteiger partial charge in [-0.1, -0.05) is 17.7 Å². The Bertz CT molecular complexity index is 850. The van der Waals surface area contributed by atoms with Gasteiger partial charge < -0.3 is 4.98 Å². The maximum absolute atomic E-state index is 12.0. The fourth-order valence-corrected chi connectivity index (χ4v) is 2.27. The summed E-state index contributed by atoms with van der Waals surface area (Å²) in [6.07, 6.45) is 1.89. The summed E-state index contributed by atoms with van der Waals surface area (Å²) >= 11 is 5.80. The third kappa shape index (κ3) is 3.02. The molecule has 0 saturated carbocycles. The van der Waals surface area contributed by atoms with E-state index in [1.54, 1.807) is 24.3 Å². The standard InChI is InChI=1S/C17H14ClN3O/c1-11(13-4-7-16-14(10-13)8-9-19-16)20-21-17(22)12-2-5-15(18)6-3-12/h2-10,19H,1H3,(H,21,22)/b20-11-. The fourth-order valence-electron chi connectivity index (χ4n) is 2.14. The minimum atomic E-state index is -0.265. The van der Waals surface area contributed by atoms with Crippen molar-refractivity contribution in [3.63, 3.8) is 0 Å². The van der Waals surface area contributed by atoms with E-state index in [-0.39, 0.29) is 5.91 Å². The first-order valence-corrected chi connectivity index (χ1v) is 7.19. The first-order chi connectivity index (χ1) is 10.6. The third-order valence-electron chi connectivity index (χ3n) is 3.40. The normalized spacial score (nSPS) is 11.6. The summed E-state index contributed by atoms with van der Waals surface area (Å²) in [5, 5.41) is 5.86. The van der Waals surface area contributed by atoms with Gasteiger partial charge in [0, 0.05) is 27.7 Å². The van der Waals surface area contributed by atoms with Crippen LogP contribution in [0.2, 0.25) is 5.02 Å². The summed E-state index contributed by atoms with van der Waals surface area (Å²) in [4.78, 5) is 15.1. The lowest BCUT2D eigenvalue weighted by atomic mass is 10.1. The molecule has 0 bridgehead atoms. The third-order valence-corrected chi connectivity index (χ3v) is 3.65. The highest BCUT2D eigenvalue weighted by molar-refractivity contribution is 6.30. The Morgan fingerprint density at radius 3 is 2.59 bits per heavy atom. The number of hydrogen-bond donors (Lipinski definition) is 2. The van der Waals surface area contributed by atoms with Crippen LogP contribution in [0, 0.1) is 0 Å². The molecule has 0 saturated heterocycles. The number of aromatic nitrogens is 1. The fraction of sp³-hybridized carbons (Fsp3) is 0.0588. The van der Waals surface area contributed by atoms with Gasteiger partial charge in [0.05, 0.1) is 5.71 Å². The molecule has 0 radical (unpaired) electrons. The van der Waals surface area contributed by atoms with Crippen molar-refractivity contribution in [2.24, 2.45) is 5.10 Å². The Morgan fingerprint density at radius 2 is 1.82 bits per heavy atom. The monoisotopic (exact) mass is 311 g/mol. The first-order valence-electron chi connectivity index (χ1n) is 6.81. The van der Waals surface area contributed by atoms with E-state index in [9.17, 15) is 4.79 Å². The van der Waals surface area contributed by atoms with E-state index in [0.29, 0.717) is 10.6 Å². The maximum atomic E-state index is 12.0. The molecule has 0 fully saturated rings. The number of halogens is 1. The van der Waals surface area contributed by atoms with Crippen LogP contribution in [0.15, 0.2) is 59.8 Å². The van der Waals surface area contributed by atoms with E-state index in [4.69, 9.17) is 11.6 Å². The van der Waals surface area contributed by atoms with Crippen molar-refractivity contribution < 1.29 is 4.79 Å². The number of nitrogens with zero attached hydrogens (tertiary/aromatic N) is 1. The molecule has 2 aromatic carbocycles. The molecule has 0 atom stereocenters. The smallest absolute Gasteiger partial charge is 0.271 e. The Kier molecular flexibility index (Phi) is 3.94. The quantitative estimate of drug-likeness (QED) is 0.558. The predicted octanol–water partition coefficient (Wildman–Crippen LogP) is 3.98. The molecule has 4 nitrogen and oxygen atoms in total. The number of H-pyrrole nitrogens is 1. The van der Waals surface area contributed by atoms with Gasteiger partial charge in [0.25, 0.3) is 5.91 Å². The SMILES string of the molecule is C/C(=N/NC(=O)c1ccc(Cl)cc1)c1ccc2[nH]ccc2c1. The van der Waals surface area contributed by atoms with E-state index in [1.165, 1.54) is 0 Å². The van der Waals surface area contributed by atoms with Gasteiger partial charge in [0.15, 0.2) is 0 Å². The molecule has 0 aliphatic heterocycles. The predicted molar refractivity (Wildman–Crippen MR) is 89.4 cm³/mol. The molecule has 22 heavy (non-hydrogen) atoms. The highest BCUT2D eigenvalue weighted by atomic mass is 35.5. The van der Waals surface area contributed by atoms with Crippen molar-refractivity contribution in [1.82, 2.24) is 10.4 Å². The summed E-state index contributed by atoms with van der Waals surface area (Å²) in [5.74, 6) is -0.265. The zero-order valence-electron chi connectivity index (χ0n) is 11.9. The number of nitrogens with one attached hydrogen (secondary N) is 2. The Balaban J connectivity index is 1.76. The van der Waals surface area contributed by atoms with Gasteiger partial charge in [0.1, 0.15) is 0 Å². The number of aromatic amines is 1. The summed E-state index contributed by atoms with van der Waals surface area (Å²) in [5.41, 5.74) is 5.85. The van der Waals surface area contributed by atoms with Gasteiger partial charge in [0.2, 0.25) is 0 Å². The molecule has 3 aromatic rings. The van der Waals surface area contributed by atoms with E-state index in [1.807, 2.05) is 37.4 Å². The number of carbonyl (C=O) groups is 1.